The van der Waals surface area contributed by atoms with Crippen molar-refractivity contribution in [3.05, 3.63) is 62.6 Å². The lowest BCUT2D eigenvalue weighted by Crippen LogP contribution is -2.48. The second-order valence-electron chi connectivity index (χ2n) is 7.35. The van der Waals surface area contributed by atoms with Gasteiger partial charge in [-0.3, -0.25) is 19.2 Å². The van der Waals surface area contributed by atoms with Crippen LogP contribution in [0.15, 0.2) is 47.4 Å². The van der Waals surface area contributed by atoms with Gasteiger partial charge in [-0.2, -0.15) is 0 Å². The molecule has 0 spiro atoms. The lowest BCUT2D eigenvalue weighted by Gasteiger charge is -2.33. The van der Waals surface area contributed by atoms with Crippen molar-refractivity contribution in [3.8, 4) is 0 Å². The van der Waals surface area contributed by atoms with E-state index in [2.05, 4.69) is 0 Å². The maximum Gasteiger partial charge on any atom is 0.270 e. The van der Waals surface area contributed by atoms with Crippen molar-refractivity contribution in [1.82, 2.24) is 4.90 Å². The summed E-state index contributed by atoms with van der Waals surface area (Å²) in [5.74, 6) is -0.426. The molecule has 0 aliphatic rings. The number of nitro benzene ring substituents is 1. The number of sulfonamides is 1. The van der Waals surface area contributed by atoms with Gasteiger partial charge in [-0.25, -0.2) is 8.42 Å². The molecule has 0 saturated heterocycles. The zero-order valence-electron chi connectivity index (χ0n) is 17.5. The summed E-state index contributed by atoms with van der Waals surface area (Å²) in [6, 6.07) is 8.69. The van der Waals surface area contributed by atoms with Gasteiger partial charge in [0, 0.05) is 29.2 Å². The van der Waals surface area contributed by atoms with Crippen LogP contribution < -0.4 is 4.31 Å². The number of rotatable bonds is 8. The molecule has 0 aliphatic heterocycles. The number of halogens is 2. The Labute approximate surface area is 191 Å². The van der Waals surface area contributed by atoms with E-state index in [0.29, 0.717) is 5.02 Å². The highest BCUT2D eigenvalue weighted by molar-refractivity contribution is 7.93. The van der Waals surface area contributed by atoms with E-state index in [-0.39, 0.29) is 22.8 Å². The molecule has 2 aromatic rings. The van der Waals surface area contributed by atoms with Crippen molar-refractivity contribution in [2.45, 2.75) is 44.7 Å². The molecule has 0 aromatic heterocycles. The summed E-state index contributed by atoms with van der Waals surface area (Å²) in [5, 5.41) is 11.4. The van der Waals surface area contributed by atoms with E-state index in [1.807, 2.05) is 27.7 Å². The SMILES string of the molecule is CC(C)N(C(=O)CN(c1ccc(Cl)cc1)S(=O)(=O)c1cc([N+](=O)[O-])ccc1Cl)C(C)C. The van der Waals surface area contributed by atoms with Crippen LogP contribution >= 0.6 is 23.2 Å². The summed E-state index contributed by atoms with van der Waals surface area (Å²) < 4.78 is 27.9. The Morgan fingerprint density at radius 1 is 1.03 bits per heavy atom. The van der Waals surface area contributed by atoms with Crippen LogP contribution in [-0.4, -0.2) is 42.8 Å². The molecule has 0 fully saturated rings. The van der Waals surface area contributed by atoms with Gasteiger partial charge in [-0.15, -0.1) is 0 Å². The lowest BCUT2D eigenvalue weighted by molar-refractivity contribution is -0.385. The van der Waals surface area contributed by atoms with Crippen LogP contribution in [0.1, 0.15) is 27.7 Å². The summed E-state index contributed by atoms with van der Waals surface area (Å²) >= 11 is 12.0. The number of carbonyl (C=O) groups excluding carboxylic acids is 1. The highest BCUT2D eigenvalue weighted by Gasteiger charge is 2.33. The quantitative estimate of drug-likeness (QED) is 0.395. The third-order valence-corrected chi connectivity index (χ3v) is 7.00. The van der Waals surface area contributed by atoms with Gasteiger partial charge < -0.3 is 4.90 Å². The lowest BCUT2D eigenvalue weighted by atomic mass is 10.2. The monoisotopic (exact) mass is 487 g/mol. The van der Waals surface area contributed by atoms with Crippen molar-refractivity contribution in [2.24, 2.45) is 0 Å². The smallest absolute Gasteiger partial charge is 0.270 e. The Hall–Kier alpha value is -2.36. The maximum atomic E-state index is 13.5. The normalized spacial score (nSPS) is 11.6. The van der Waals surface area contributed by atoms with Crippen molar-refractivity contribution in [1.29, 1.82) is 0 Å². The number of non-ortho nitro benzene ring substituents is 1. The molecule has 0 atom stereocenters. The first-order valence-electron chi connectivity index (χ1n) is 9.39. The summed E-state index contributed by atoms with van der Waals surface area (Å²) in [6.07, 6.45) is 0. The van der Waals surface area contributed by atoms with E-state index in [1.54, 1.807) is 4.90 Å². The molecule has 11 heteroatoms. The van der Waals surface area contributed by atoms with Crippen LogP contribution in [0.5, 0.6) is 0 Å². The zero-order valence-corrected chi connectivity index (χ0v) is 19.8. The Morgan fingerprint density at radius 3 is 2.06 bits per heavy atom. The average Bonchev–Trinajstić information content (AvgIpc) is 2.66. The Bertz CT molecular complexity index is 1060. The van der Waals surface area contributed by atoms with Gasteiger partial charge in [0.2, 0.25) is 5.91 Å². The highest BCUT2D eigenvalue weighted by atomic mass is 35.5. The molecule has 0 radical (unpaired) electrons. The van der Waals surface area contributed by atoms with Crippen LogP contribution in [-0.2, 0) is 14.8 Å². The number of hydrogen-bond donors (Lipinski definition) is 0. The van der Waals surface area contributed by atoms with E-state index in [1.165, 1.54) is 24.3 Å². The summed E-state index contributed by atoms with van der Waals surface area (Å²) in [6.45, 7) is 6.80. The van der Waals surface area contributed by atoms with Crippen molar-refractivity contribution >= 4 is 50.5 Å². The molecule has 0 heterocycles. The third-order valence-electron chi connectivity index (χ3n) is 4.49. The predicted octanol–water partition coefficient (Wildman–Crippen LogP) is 4.74. The third kappa shape index (κ3) is 5.66. The minimum absolute atomic E-state index is 0.163. The molecule has 0 aliphatic carbocycles. The van der Waals surface area contributed by atoms with Crippen LogP contribution in [0.3, 0.4) is 0 Å². The van der Waals surface area contributed by atoms with Gasteiger partial charge in [0.1, 0.15) is 11.4 Å². The topological polar surface area (TPSA) is 101 Å². The zero-order chi connectivity index (χ0) is 23.5. The Balaban J connectivity index is 2.62. The number of amides is 1. The van der Waals surface area contributed by atoms with Gasteiger partial charge in [0.05, 0.1) is 15.6 Å². The minimum atomic E-state index is -4.43. The number of benzene rings is 2. The van der Waals surface area contributed by atoms with Gasteiger partial charge in [0.25, 0.3) is 15.7 Å². The van der Waals surface area contributed by atoms with Crippen molar-refractivity contribution in [2.75, 3.05) is 10.8 Å². The number of anilines is 1. The van der Waals surface area contributed by atoms with E-state index in [4.69, 9.17) is 23.2 Å². The van der Waals surface area contributed by atoms with Crippen LogP contribution in [0, 0.1) is 10.1 Å². The standard InChI is InChI=1S/C20H23Cl2N3O5S/c1-13(2)24(14(3)4)20(26)12-23(16-7-5-15(21)6-8-16)31(29,30)19-11-17(25(27)28)9-10-18(19)22/h5-11,13-14H,12H2,1-4H3. The largest absolute Gasteiger partial charge is 0.336 e. The van der Waals surface area contributed by atoms with Gasteiger partial charge >= 0.3 is 0 Å². The van der Waals surface area contributed by atoms with Crippen LogP contribution in [0.2, 0.25) is 10.0 Å². The molecule has 1 amide bonds. The maximum absolute atomic E-state index is 13.5. The number of nitro groups is 1. The van der Waals surface area contributed by atoms with E-state index < -0.39 is 38.0 Å². The number of hydrogen-bond acceptors (Lipinski definition) is 5. The molecule has 0 unspecified atom stereocenters. The Morgan fingerprint density at radius 2 is 1.58 bits per heavy atom. The summed E-state index contributed by atoms with van der Waals surface area (Å²) in [5.41, 5.74) is -0.260. The molecule has 168 valence electrons. The molecular weight excluding hydrogens is 465 g/mol. The van der Waals surface area contributed by atoms with Crippen LogP contribution in [0.4, 0.5) is 11.4 Å². The fourth-order valence-corrected chi connectivity index (χ4v) is 5.26. The van der Waals surface area contributed by atoms with Gasteiger partial charge in [-0.1, -0.05) is 23.2 Å². The Kier molecular flexibility index (Phi) is 7.91. The second-order valence-corrected chi connectivity index (χ2v) is 10.0. The molecule has 2 rings (SSSR count). The fourth-order valence-electron chi connectivity index (χ4n) is 3.22. The molecule has 31 heavy (non-hydrogen) atoms. The molecule has 0 bridgehead atoms. The number of carbonyl (C=O) groups is 1. The van der Waals surface area contributed by atoms with Gasteiger partial charge in [-0.05, 0) is 58.0 Å². The average molecular weight is 488 g/mol. The van der Waals surface area contributed by atoms with Crippen molar-refractivity contribution < 1.29 is 18.1 Å². The molecule has 0 N–H and O–H groups in total. The predicted molar refractivity (Wildman–Crippen MR) is 121 cm³/mol. The molecule has 8 nitrogen and oxygen atoms in total. The molecular formula is C20H23Cl2N3O5S. The number of nitrogens with zero attached hydrogens (tertiary/aromatic N) is 3. The first kappa shape index (κ1) is 24.9. The molecule has 0 saturated carbocycles. The summed E-state index contributed by atoms with van der Waals surface area (Å²) in [7, 11) is -4.43. The second kappa shape index (κ2) is 9.84. The van der Waals surface area contributed by atoms with E-state index in [0.717, 1.165) is 22.5 Å². The van der Waals surface area contributed by atoms with Gasteiger partial charge in [0.15, 0.2) is 0 Å². The van der Waals surface area contributed by atoms with Crippen molar-refractivity contribution in [3.63, 3.8) is 0 Å². The summed E-state index contributed by atoms with van der Waals surface area (Å²) in [4.78, 5) is 24.6. The van der Waals surface area contributed by atoms with Crippen LogP contribution in [0.25, 0.3) is 0 Å². The highest BCUT2D eigenvalue weighted by Crippen LogP contribution is 2.32. The first-order valence-corrected chi connectivity index (χ1v) is 11.6. The van der Waals surface area contributed by atoms with E-state index in [9.17, 15) is 23.3 Å². The first-order chi connectivity index (χ1) is 14.4. The molecule has 2 aromatic carbocycles. The minimum Gasteiger partial charge on any atom is -0.336 e. The fraction of sp³-hybridized carbons (Fsp3) is 0.350. The van der Waals surface area contributed by atoms with E-state index >= 15 is 0 Å².